The Hall–Kier alpha value is -2.91. The van der Waals surface area contributed by atoms with Crippen molar-refractivity contribution >= 4 is 11.3 Å². The fourth-order valence-corrected chi connectivity index (χ4v) is 4.32. The van der Waals surface area contributed by atoms with Crippen molar-refractivity contribution in [3.63, 3.8) is 0 Å². The van der Waals surface area contributed by atoms with Gasteiger partial charge in [-0.25, -0.2) is 4.52 Å². The number of piperazine rings is 1. The maximum atomic E-state index is 9.89. The Morgan fingerprint density at radius 2 is 2.24 bits per heavy atom. The zero-order chi connectivity index (χ0) is 17.0. The van der Waals surface area contributed by atoms with Crippen molar-refractivity contribution < 1.29 is 0 Å². The van der Waals surface area contributed by atoms with E-state index in [1.165, 1.54) is 6.42 Å². The number of anilines is 1. The second-order valence-corrected chi connectivity index (χ2v) is 7.25. The molecular formula is C19H18N6. The van der Waals surface area contributed by atoms with Gasteiger partial charge >= 0.3 is 0 Å². The van der Waals surface area contributed by atoms with Crippen LogP contribution in [0.3, 0.4) is 0 Å². The molecule has 0 amide bonds. The normalized spacial score (nSPS) is 24.8. The highest BCUT2D eigenvalue weighted by Gasteiger charge is 2.47. The van der Waals surface area contributed by atoms with Crippen LogP contribution in [-0.2, 0) is 0 Å². The van der Waals surface area contributed by atoms with Crippen LogP contribution in [0.2, 0.25) is 0 Å². The van der Waals surface area contributed by atoms with Crippen LogP contribution >= 0.6 is 0 Å². The first-order chi connectivity index (χ1) is 12.2. The summed E-state index contributed by atoms with van der Waals surface area (Å²) in [6.07, 6.45) is 6.68. The van der Waals surface area contributed by atoms with E-state index in [1.54, 1.807) is 6.20 Å². The Morgan fingerprint density at radius 3 is 2.96 bits per heavy atom. The molecule has 2 bridgehead atoms. The lowest BCUT2D eigenvalue weighted by molar-refractivity contribution is 0.126. The molecule has 3 aliphatic rings. The molecule has 6 heterocycles. The SMILES string of the molecule is CC12CC(CN(c3nn4cccc(-c5cccnc5)c4c3C#N)C1)N2. The number of hydrogen-bond acceptors (Lipinski definition) is 5. The van der Waals surface area contributed by atoms with Crippen LogP contribution in [0.4, 0.5) is 5.82 Å². The highest BCUT2D eigenvalue weighted by Crippen LogP contribution is 2.37. The van der Waals surface area contributed by atoms with E-state index in [0.29, 0.717) is 11.6 Å². The topological polar surface area (TPSA) is 69.2 Å². The number of aromatic nitrogens is 3. The number of pyridine rings is 2. The minimum Gasteiger partial charge on any atom is -0.351 e. The zero-order valence-corrected chi connectivity index (χ0v) is 14.0. The van der Waals surface area contributed by atoms with E-state index in [4.69, 9.17) is 5.10 Å². The second-order valence-electron chi connectivity index (χ2n) is 7.25. The fraction of sp³-hybridized carbons (Fsp3) is 0.316. The summed E-state index contributed by atoms with van der Waals surface area (Å²) in [5.41, 5.74) is 3.61. The van der Waals surface area contributed by atoms with Gasteiger partial charge in [-0.1, -0.05) is 12.1 Å². The van der Waals surface area contributed by atoms with Gasteiger partial charge in [0.05, 0.1) is 5.52 Å². The van der Waals surface area contributed by atoms with Gasteiger partial charge in [-0.3, -0.25) is 4.98 Å². The molecule has 0 radical (unpaired) electrons. The maximum absolute atomic E-state index is 9.89. The van der Waals surface area contributed by atoms with Gasteiger partial charge in [0.25, 0.3) is 0 Å². The second kappa shape index (κ2) is 5.04. The van der Waals surface area contributed by atoms with Gasteiger partial charge in [0.15, 0.2) is 5.82 Å². The summed E-state index contributed by atoms with van der Waals surface area (Å²) in [5.74, 6) is 0.788. The van der Waals surface area contributed by atoms with Crippen LogP contribution in [0, 0.1) is 11.3 Å². The lowest BCUT2D eigenvalue weighted by Crippen LogP contribution is -2.74. The Morgan fingerprint density at radius 1 is 1.36 bits per heavy atom. The molecule has 3 saturated heterocycles. The average molecular weight is 330 g/mol. The third-order valence-corrected chi connectivity index (χ3v) is 5.25. The molecule has 2 atom stereocenters. The summed E-state index contributed by atoms with van der Waals surface area (Å²) >= 11 is 0. The summed E-state index contributed by atoms with van der Waals surface area (Å²) in [7, 11) is 0. The molecule has 0 aromatic carbocycles. The Balaban J connectivity index is 1.68. The van der Waals surface area contributed by atoms with Gasteiger partial charge in [-0.2, -0.15) is 5.26 Å². The largest absolute Gasteiger partial charge is 0.351 e. The standard InChI is InChI=1S/C19H18N6/c1-19-8-14(22-19)11-24(12-19)18-16(9-20)17-15(5-3-7-25(17)23-18)13-4-2-6-21-10-13/h2-7,10,14,22H,8,11-12H2,1H3. The summed E-state index contributed by atoms with van der Waals surface area (Å²) in [6, 6.07) is 10.8. The maximum Gasteiger partial charge on any atom is 0.169 e. The molecule has 0 aliphatic carbocycles. The molecule has 3 aromatic heterocycles. The number of nitrogens with zero attached hydrogens (tertiary/aromatic N) is 5. The predicted octanol–water partition coefficient (Wildman–Crippen LogP) is 2.21. The number of fused-ring (bicyclic) bond motifs is 3. The van der Waals surface area contributed by atoms with Gasteiger partial charge in [0.1, 0.15) is 11.6 Å². The van der Waals surface area contributed by atoms with Crippen LogP contribution in [0.1, 0.15) is 18.9 Å². The van der Waals surface area contributed by atoms with Gasteiger partial charge in [-0.05, 0) is 25.5 Å². The van der Waals surface area contributed by atoms with Gasteiger partial charge < -0.3 is 10.2 Å². The first kappa shape index (κ1) is 14.4. The first-order valence-corrected chi connectivity index (χ1v) is 8.51. The van der Waals surface area contributed by atoms with Gasteiger partial charge in [0.2, 0.25) is 0 Å². The van der Waals surface area contributed by atoms with E-state index in [-0.39, 0.29) is 5.54 Å². The molecule has 3 aliphatic heterocycles. The van der Waals surface area contributed by atoms with Crippen molar-refractivity contribution in [1.29, 1.82) is 5.26 Å². The molecule has 6 nitrogen and oxygen atoms in total. The lowest BCUT2D eigenvalue weighted by atomic mass is 9.79. The Bertz CT molecular complexity index is 994. The molecule has 1 N–H and O–H groups in total. The molecule has 0 saturated carbocycles. The van der Waals surface area contributed by atoms with Crippen LogP contribution in [0.15, 0.2) is 42.9 Å². The van der Waals surface area contributed by atoms with Gasteiger partial charge in [0, 0.05) is 54.4 Å². The molecule has 3 aromatic rings. The van der Waals surface area contributed by atoms with Crippen LogP contribution in [0.5, 0.6) is 0 Å². The smallest absolute Gasteiger partial charge is 0.169 e. The van der Waals surface area contributed by atoms with E-state index >= 15 is 0 Å². The molecule has 3 fully saturated rings. The molecule has 2 unspecified atom stereocenters. The molecular weight excluding hydrogens is 312 g/mol. The van der Waals surface area contributed by atoms with Crippen molar-refractivity contribution in [2.75, 3.05) is 18.0 Å². The highest BCUT2D eigenvalue weighted by atomic mass is 15.4. The minimum absolute atomic E-state index is 0.137. The lowest BCUT2D eigenvalue weighted by Gasteiger charge is -2.56. The molecule has 124 valence electrons. The number of nitriles is 1. The quantitative estimate of drug-likeness (QED) is 0.780. The van der Waals surface area contributed by atoms with E-state index in [1.807, 2.05) is 41.2 Å². The molecule has 25 heavy (non-hydrogen) atoms. The number of rotatable bonds is 2. The Labute approximate surface area is 145 Å². The van der Waals surface area contributed by atoms with Crippen molar-refractivity contribution in [2.24, 2.45) is 0 Å². The van der Waals surface area contributed by atoms with Crippen LogP contribution in [-0.4, -0.2) is 39.3 Å². The van der Waals surface area contributed by atoms with E-state index in [9.17, 15) is 5.26 Å². The average Bonchev–Trinajstić information content (AvgIpc) is 3.00. The van der Waals surface area contributed by atoms with Crippen molar-refractivity contribution in [3.8, 4) is 17.2 Å². The van der Waals surface area contributed by atoms with Crippen LogP contribution < -0.4 is 10.2 Å². The van der Waals surface area contributed by atoms with E-state index in [0.717, 1.165) is 35.6 Å². The van der Waals surface area contributed by atoms with Crippen LogP contribution in [0.25, 0.3) is 16.6 Å². The summed E-state index contributed by atoms with van der Waals surface area (Å²) < 4.78 is 1.83. The number of nitrogens with one attached hydrogen (secondary N) is 1. The summed E-state index contributed by atoms with van der Waals surface area (Å²) in [4.78, 5) is 6.47. The van der Waals surface area contributed by atoms with E-state index < -0.39 is 0 Å². The molecule has 6 heteroatoms. The third-order valence-electron chi connectivity index (χ3n) is 5.25. The first-order valence-electron chi connectivity index (χ1n) is 8.51. The highest BCUT2D eigenvalue weighted by molar-refractivity contribution is 5.87. The predicted molar refractivity (Wildman–Crippen MR) is 95.3 cm³/mol. The van der Waals surface area contributed by atoms with Crippen molar-refractivity contribution in [2.45, 2.75) is 24.9 Å². The fourth-order valence-electron chi connectivity index (χ4n) is 4.32. The number of hydrogen-bond donors (Lipinski definition) is 1. The minimum atomic E-state index is 0.137. The third kappa shape index (κ3) is 2.13. The molecule has 6 rings (SSSR count). The summed E-state index contributed by atoms with van der Waals surface area (Å²) in [6.45, 7) is 4.01. The van der Waals surface area contributed by atoms with Crippen molar-refractivity contribution in [1.82, 2.24) is 19.9 Å². The van der Waals surface area contributed by atoms with Gasteiger partial charge in [-0.15, -0.1) is 5.10 Å². The summed E-state index contributed by atoms with van der Waals surface area (Å²) in [5, 5.41) is 18.2. The number of piperidine rings is 1. The monoisotopic (exact) mass is 330 g/mol. The van der Waals surface area contributed by atoms with Crippen molar-refractivity contribution in [3.05, 3.63) is 48.4 Å². The zero-order valence-electron chi connectivity index (χ0n) is 14.0. The Kier molecular flexibility index (Phi) is 2.91. The molecule has 0 spiro atoms. The van der Waals surface area contributed by atoms with E-state index in [2.05, 4.69) is 28.2 Å².